The maximum absolute atomic E-state index is 10.4. The van der Waals surface area contributed by atoms with Gasteiger partial charge in [0.25, 0.3) is 11.3 Å². The summed E-state index contributed by atoms with van der Waals surface area (Å²) in [5.74, 6) is -0.949. The van der Waals surface area contributed by atoms with Crippen LogP contribution in [-0.4, -0.2) is 24.8 Å². The van der Waals surface area contributed by atoms with Crippen molar-refractivity contribution in [2.45, 2.75) is 0 Å². The third-order valence-corrected chi connectivity index (χ3v) is 1.59. The van der Waals surface area contributed by atoms with Crippen molar-refractivity contribution in [1.29, 1.82) is 0 Å². The molecule has 0 aliphatic heterocycles. The number of nitrogens with one attached hydrogen (secondary N) is 1. The smallest absolute Gasteiger partial charge is 0.337 e. The molecule has 0 aromatic carbocycles. The zero-order valence-electron chi connectivity index (χ0n) is 6.30. The second-order valence-corrected chi connectivity index (χ2v) is 2.79. The first kappa shape index (κ1) is 9.62. The highest BCUT2D eigenvalue weighted by molar-refractivity contribution is 7.80. The average molecular weight is 202 g/mol. The molecule has 70 valence electrons. The van der Waals surface area contributed by atoms with Gasteiger partial charge >= 0.3 is 5.97 Å². The highest BCUT2D eigenvalue weighted by Gasteiger charge is 2.03. The molecule has 3 N–H and O–H groups in total. The molecule has 6 nitrogen and oxygen atoms in total. The summed E-state index contributed by atoms with van der Waals surface area (Å²) in [5, 5.41) is 8.49. The van der Waals surface area contributed by atoms with Crippen LogP contribution in [0.1, 0.15) is 10.4 Å². The molecular weight excluding hydrogens is 196 g/mol. The van der Waals surface area contributed by atoms with Gasteiger partial charge in [0.1, 0.15) is 5.82 Å². The first-order valence-electron chi connectivity index (χ1n) is 3.16. The fourth-order valence-electron chi connectivity index (χ4n) is 0.670. The van der Waals surface area contributed by atoms with Crippen LogP contribution in [0.15, 0.2) is 18.3 Å². The van der Waals surface area contributed by atoms with Gasteiger partial charge in [0.2, 0.25) is 0 Å². The third kappa shape index (κ3) is 2.80. The molecule has 0 amide bonds. The number of anilines is 1. The lowest BCUT2D eigenvalue weighted by Gasteiger charge is -1.99. The summed E-state index contributed by atoms with van der Waals surface area (Å²) in [5.41, 5.74) is 0.0225. The van der Waals surface area contributed by atoms with Crippen LogP contribution < -0.4 is 4.72 Å². The van der Waals surface area contributed by atoms with E-state index in [9.17, 15) is 9.00 Å². The topological polar surface area (TPSA) is 99.5 Å². The number of aromatic nitrogens is 1. The molecule has 1 rings (SSSR count). The van der Waals surface area contributed by atoms with E-state index < -0.39 is 17.2 Å². The summed E-state index contributed by atoms with van der Waals surface area (Å²) >= 11 is -2.19. The first-order chi connectivity index (χ1) is 6.09. The normalized spacial score (nSPS) is 12.1. The van der Waals surface area contributed by atoms with Gasteiger partial charge in [0, 0.05) is 6.20 Å². The van der Waals surface area contributed by atoms with Gasteiger partial charge in [-0.25, -0.2) is 14.0 Å². The van der Waals surface area contributed by atoms with E-state index in [2.05, 4.69) is 9.71 Å². The molecule has 1 atom stereocenters. The molecule has 7 heteroatoms. The fourth-order valence-corrected chi connectivity index (χ4v) is 0.970. The van der Waals surface area contributed by atoms with Gasteiger partial charge in [-0.05, 0) is 12.1 Å². The van der Waals surface area contributed by atoms with Crippen molar-refractivity contribution in [3.05, 3.63) is 23.9 Å². The fraction of sp³-hybridized carbons (Fsp3) is 0. The minimum atomic E-state index is -2.19. The van der Waals surface area contributed by atoms with Crippen LogP contribution in [-0.2, 0) is 11.3 Å². The zero-order valence-corrected chi connectivity index (χ0v) is 7.11. The molecule has 0 spiro atoms. The van der Waals surface area contributed by atoms with Crippen molar-refractivity contribution >= 4 is 23.1 Å². The standard InChI is InChI=1S/C6H6N2O4S/c9-6(10)4-1-2-5(7-3-4)8-13(11)12/h1-3H,(H,7,8)(H,9,10)(H,11,12). The van der Waals surface area contributed by atoms with Crippen LogP contribution in [0.25, 0.3) is 0 Å². The van der Waals surface area contributed by atoms with E-state index in [1.807, 2.05) is 0 Å². The molecule has 0 aliphatic carbocycles. The zero-order chi connectivity index (χ0) is 9.84. The Kier molecular flexibility index (Phi) is 2.93. The van der Waals surface area contributed by atoms with E-state index in [0.29, 0.717) is 0 Å². The maximum atomic E-state index is 10.4. The highest BCUT2D eigenvalue weighted by Crippen LogP contribution is 2.04. The molecule has 0 bridgehead atoms. The minimum absolute atomic E-state index is 0.0225. The predicted octanol–water partition coefficient (Wildman–Crippen LogP) is 0.328. The Labute approximate surface area is 76.0 Å². The van der Waals surface area contributed by atoms with Crippen LogP contribution in [0, 0.1) is 0 Å². The Bertz CT molecular complexity index is 337. The van der Waals surface area contributed by atoms with Crippen LogP contribution in [0.4, 0.5) is 5.82 Å². The number of carbonyl (C=O) groups is 1. The van der Waals surface area contributed by atoms with Crippen molar-refractivity contribution in [2.75, 3.05) is 4.72 Å². The molecule has 1 unspecified atom stereocenters. The Balaban J connectivity index is 2.81. The Morgan fingerprint density at radius 1 is 1.54 bits per heavy atom. The quantitative estimate of drug-likeness (QED) is 0.613. The largest absolute Gasteiger partial charge is 0.478 e. The van der Waals surface area contributed by atoms with Gasteiger partial charge in [-0.3, -0.25) is 9.27 Å². The lowest BCUT2D eigenvalue weighted by Crippen LogP contribution is -2.04. The molecular formula is C6H6N2O4S. The molecule has 0 saturated heterocycles. The maximum Gasteiger partial charge on any atom is 0.337 e. The summed E-state index contributed by atoms with van der Waals surface area (Å²) in [7, 11) is 0. The first-order valence-corrected chi connectivity index (χ1v) is 4.27. The van der Waals surface area contributed by atoms with E-state index in [1.165, 1.54) is 12.1 Å². The van der Waals surface area contributed by atoms with Gasteiger partial charge in [-0.1, -0.05) is 0 Å². The highest BCUT2D eigenvalue weighted by atomic mass is 32.2. The van der Waals surface area contributed by atoms with E-state index in [-0.39, 0.29) is 11.4 Å². The SMILES string of the molecule is O=C(O)c1ccc(NS(=O)O)nc1. The second kappa shape index (κ2) is 3.97. The number of carboxylic acids is 1. The summed E-state index contributed by atoms with van der Waals surface area (Å²) in [6, 6.07) is 2.59. The number of pyridine rings is 1. The Morgan fingerprint density at radius 3 is 2.62 bits per heavy atom. The summed E-state index contributed by atoms with van der Waals surface area (Å²) < 4.78 is 20.7. The molecule has 1 aromatic heterocycles. The molecule has 0 fully saturated rings. The molecule has 0 saturated carbocycles. The van der Waals surface area contributed by atoms with Crippen LogP contribution in [0.5, 0.6) is 0 Å². The molecule has 1 aromatic rings. The lowest BCUT2D eigenvalue weighted by molar-refractivity contribution is 0.0696. The second-order valence-electron chi connectivity index (χ2n) is 2.09. The van der Waals surface area contributed by atoms with Gasteiger partial charge < -0.3 is 5.11 Å². The van der Waals surface area contributed by atoms with E-state index in [0.717, 1.165) is 6.20 Å². The lowest BCUT2D eigenvalue weighted by atomic mass is 10.3. The number of aromatic carboxylic acids is 1. The van der Waals surface area contributed by atoms with Crippen LogP contribution >= 0.6 is 0 Å². The monoisotopic (exact) mass is 202 g/mol. The van der Waals surface area contributed by atoms with E-state index >= 15 is 0 Å². The predicted molar refractivity (Wildman–Crippen MR) is 45.6 cm³/mol. The number of carboxylic acid groups (broad SMARTS) is 1. The average Bonchev–Trinajstić information content (AvgIpc) is 2.04. The van der Waals surface area contributed by atoms with Crippen molar-refractivity contribution in [1.82, 2.24) is 4.98 Å². The van der Waals surface area contributed by atoms with Crippen molar-refractivity contribution in [2.24, 2.45) is 0 Å². The van der Waals surface area contributed by atoms with E-state index in [1.54, 1.807) is 0 Å². The van der Waals surface area contributed by atoms with Crippen molar-refractivity contribution in [3.8, 4) is 0 Å². The van der Waals surface area contributed by atoms with Gasteiger partial charge in [-0.2, -0.15) is 0 Å². The van der Waals surface area contributed by atoms with E-state index in [4.69, 9.17) is 9.66 Å². The minimum Gasteiger partial charge on any atom is -0.478 e. The van der Waals surface area contributed by atoms with Crippen LogP contribution in [0.2, 0.25) is 0 Å². The number of hydrogen-bond donors (Lipinski definition) is 3. The van der Waals surface area contributed by atoms with Crippen molar-refractivity contribution < 1.29 is 18.7 Å². The summed E-state index contributed by atoms with van der Waals surface area (Å²) in [6.07, 6.45) is 1.09. The molecule has 0 aliphatic rings. The number of hydrogen-bond acceptors (Lipinski definition) is 3. The molecule has 0 radical (unpaired) electrons. The third-order valence-electron chi connectivity index (χ3n) is 1.20. The van der Waals surface area contributed by atoms with Crippen molar-refractivity contribution in [3.63, 3.8) is 0 Å². The molecule has 13 heavy (non-hydrogen) atoms. The summed E-state index contributed by atoms with van der Waals surface area (Å²) in [6.45, 7) is 0. The summed E-state index contributed by atoms with van der Waals surface area (Å²) in [4.78, 5) is 14.0. The number of rotatable bonds is 3. The van der Waals surface area contributed by atoms with Gasteiger partial charge in [0.15, 0.2) is 0 Å². The van der Waals surface area contributed by atoms with Gasteiger partial charge in [-0.15, -0.1) is 0 Å². The van der Waals surface area contributed by atoms with Gasteiger partial charge in [0.05, 0.1) is 5.56 Å². The Morgan fingerprint density at radius 2 is 2.23 bits per heavy atom. The Hall–Kier alpha value is -1.47. The molecule has 1 heterocycles. The van der Waals surface area contributed by atoms with Crippen LogP contribution in [0.3, 0.4) is 0 Å². The number of nitrogens with zero attached hydrogens (tertiary/aromatic N) is 1.